The number of amides is 1. The molecule has 0 radical (unpaired) electrons. The zero-order valence-corrected chi connectivity index (χ0v) is 17.7. The van der Waals surface area contributed by atoms with Crippen molar-refractivity contribution in [2.45, 2.75) is 32.7 Å². The third-order valence-corrected chi connectivity index (χ3v) is 7.00. The fraction of sp³-hybridized carbons (Fsp3) is 0.348. The summed E-state index contributed by atoms with van der Waals surface area (Å²) < 4.78 is 26.6. The Bertz CT molecular complexity index is 963. The predicted octanol–water partition coefficient (Wildman–Crippen LogP) is 3.88. The van der Waals surface area contributed by atoms with Crippen LogP contribution in [0.1, 0.15) is 42.5 Å². The Balaban J connectivity index is 1.55. The molecule has 1 saturated heterocycles. The second-order valence-electron chi connectivity index (χ2n) is 7.52. The van der Waals surface area contributed by atoms with Gasteiger partial charge in [0.25, 0.3) is 0 Å². The fourth-order valence-corrected chi connectivity index (χ4v) is 4.89. The Labute approximate surface area is 173 Å². The predicted molar refractivity (Wildman–Crippen MR) is 116 cm³/mol. The van der Waals surface area contributed by atoms with Crippen molar-refractivity contribution in [2.75, 3.05) is 13.1 Å². The standard InChI is InChI=1S/C23H28N2O3S/c1-18-8-6-7-11-22(18)19(2)24-23(26)21-12-15-25(16-13-21)29(27,28)17-14-20-9-4-3-5-10-20/h3-11,14,17,19,21H,12-13,15-16H2,1-2H3,(H,24,26)/b17-14+. The summed E-state index contributed by atoms with van der Waals surface area (Å²) in [4.78, 5) is 12.7. The summed E-state index contributed by atoms with van der Waals surface area (Å²) in [5.41, 5.74) is 3.09. The van der Waals surface area contributed by atoms with E-state index in [2.05, 4.69) is 5.32 Å². The van der Waals surface area contributed by atoms with Gasteiger partial charge in [0.15, 0.2) is 0 Å². The van der Waals surface area contributed by atoms with Crippen LogP contribution in [0.4, 0.5) is 0 Å². The maximum Gasteiger partial charge on any atom is 0.236 e. The van der Waals surface area contributed by atoms with E-state index in [0.717, 1.165) is 16.7 Å². The summed E-state index contributed by atoms with van der Waals surface area (Å²) in [7, 11) is -3.48. The zero-order chi connectivity index (χ0) is 20.9. The van der Waals surface area contributed by atoms with Gasteiger partial charge in [-0.05, 0) is 49.5 Å². The number of aryl methyl sites for hydroxylation is 1. The number of hydrogen-bond donors (Lipinski definition) is 1. The van der Waals surface area contributed by atoms with Gasteiger partial charge in [-0.3, -0.25) is 4.79 Å². The molecule has 0 saturated carbocycles. The molecule has 1 aliphatic heterocycles. The average molecular weight is 413 g/mol. The average Bonchev–Trinajstić information content (AvgIpc) is 2.73. The van der Waals surface area contributed by atoms with E-state index in [1.54, 1.807) is 6.08 Å². The van der Waals surface area contributed by atoms with E-state index in [1.165, 1.54) is 9.71 Å². The fourth-order valence-electron chi connectivity index (χ4n) is 3.67. The van der Waals surface area contributed by atoms with E-state index in [9.17, 15) is 13.2 Å². The molecule has 1 N–H and O–H groups in total. The van der Waals surface area contributed by atoms with Gasteiger partial charge >= 0.3 is 0 Å². The van der Waals surface area contributed by atoms with Gasteiger partial charge in [0.1, 0.15) is 0 Å². The highest BCUT2D eigenvalue weighted by molar-refractivity contribution is 7.92. The van der Waals surface area contributed by atoms with Crippen LogP contribution in [-0.2, 0) is 14.8 Å². The van der Waals surface area contributed by atoms with Crippen LogP contribution in [-0.4, -0.2) is 31.7 Å². The first kappa shape index (κ1) is 21.3. The lowest BCUT2D eigenvalue weighted by Crippen LogP contribution is -2.42. The van der Waals surface area contributed by atoms with Crippen LogP contribution >= 0.6 is 0 Å². The van der Waals surface area contributed by atoms with Crippen molar-refractivity contribution < 1.29 is 13.2 Å². The van der Waals surface area contributed by atoms with Crippen molar-refractivity contribution in [1.82, 2.24) is 9.62 Å². The molecule has 3 rings (SSSR count). The highest BCUT2D eigenvalue weighted by Crippen LogP contribution is 2.23. The number of hydrogen-bond acceptors (Lipinski definition) is 3. The monoisotopic (exact) mass is 412 g/mol. The summed E-state index contributed by atoms with van der Waals surface area (Å²) in [5, 5.41) is 4.34. The van der Waals surface area contributed by atoms with Crippen molar-refractivity contribution in [3.63, 3.8) is 0 Å². The summed E-state index contributed by atoms with van der Waals surface area (Å²) in [5.74, 6) is -0.163. The van der Waals surface area contributed by atoms with Crippen LogP contribution in [0, 0.1) is 12.8 Å². The van der Waals surface area contributed by atoms with Crippen LogP contribution in [0.15, 0.2) is 60.0 Å². The van der Waals surface area contributed by atoms with Crippen LogP contribution in [0.2, 0.25) is 0 Å². The molecule has 0 bridgehead atoms. The second-order valence-corrected chi connectivity index (χ2v) is 9.34. The minimum absolute atomic E-state index is 0.00220. The van der Waals surface area contributed by atoms with E-state index >= 15 is 0 Å². The number of sulfonamides is 1. The summed E-state index contributed by atoms with van der Waals surface area (Å²) >= 11 is 0. The molecule has 0 aromatic heterocycles. The zero-order valence-electron chi connectivity index (χ0n) is 16.9. The largest absolute Gasteiger partial charge is 0.349 e. The molecule has 154 valence electrons. The van der Waals surface area contributed by atoms with Gasteiger partial charge in [0, 0.05) is 24.4 Å². The van der Waals surface area contributed by atoms with Crippen molar-refractivity contribution in [1.29, 1.82) is 0 Å². The van der Waals surface area contributed by atoms with Gasteiger partial charge in [-0.15, -0.1) is 0 Å². The van der Waals surface area contributed by atoms with Gasteiger partial charge in [-0.2, -0.15) is 4.31 Å². The van der Waals surface area contributed by atoms with E-state index in [-0.39, 0.29) is 17.9 Å². The first-order valence-corrected chi connectivity index (χ1v) is 11.5. The smallest absolute Gasteiger partial charge is 0.236 e. The minimum Gasteiger partial charge on any atom is -0.349 e. The molecule has 1 fully saturated rings. The molecule has 1 amide bonds. The molecule has 1 atom stereocenters. The lowest BCUT2D eigenvalue weighted by molar-refractivity contribution is -0.126. The number of carbonyl (C=O) groups excluding carboxylic acids is 1. The number of carbonyl (C=O) groups is 1. The second kappa shape index (κ2) is 9.37. The van der Waals surface area contributed by atoms with E-state index in [1.807, 2.05) is 68.4 Å². The highest BCUT2D eigenvalue weighted by atomic mass is 32.2. The Morgan fingerprint density at radius 3 is 2.34 bits per heavy atom. The Hall–Kier alpha value is -2.44. The summed E-state index contributed by atoms with van der Waals surface area (Å²) in [6.07, 6.45) is 2.67. The quantitative estimate of drug-likeness (QED) is 0.783. The maximum absolute atomic E-state index is 12.7. The Kier molecular flexibility index (Phi) is 6.87. The Morgan fingerprint density at radius 1 is 1.07 bits per heavy atom. The lowest BCUT2D eigenvalue weighted by atomic mass is 9.96. The highest BCUT2D eigenvalue weighted by Gasteiger charge is 2.30. The van der Waals surface area contributed by atoms with Crippen molar-refractivity contribution >= 4 is 22.0 Å². The molecular formula is C23H28N2O3S. The molecule has 0 spiro atoms. The summed E-state index contributed by atoms with van der Waals surface area (Å²) in [6, 6.07) is 17.3. The first-order chi connectivity index (χ1) is 13.9. The molecule has 1 aliphatic rings. The van der Waals surface area contributed by atoms with Crippen molar-refractivity contribution in [2.24, 2.45) is 5.92 Å². The van der Waals surface area contributed by atoms with Crippen LogP contribution in [0.5, 0.6) is 0 Å². The third kappa shape index (κ3) is 5.55. The molecule has 29 heavy (non-hydrogen) atoms. The van der Waals surface area contributed by atoms with Gasteiger partial charge in [0.05, 0.1) is 6.04 Å². The lowest BCUT2D eigenvalue weighted by Gasteiger charge is -2.30. The maximum atomic E-state index is 12.7. The first-order valence-electron chi connectivity index (χ1n) is 9.96. The molecule has 5 nitrogen and oxygen atoms in total. The van der Waals surface area contributed by atoms with Crippen LogP contribution in [0.25, 0.3) is 6.08 Å². The van der Waals surface area contributed by atoms with Gasteiger partial charge in [-0.1, -0.05) is 54.6 Å². The Morgan fingerprint density at radius 2 is 1.69 bits per heavy atom. The molecule has 0 aliphatic carbocycles. The van der Waals surface area contributed by atoms with Gasteiger partial charge < -0.3 is 5.32 Å². The topological polar surface area (TPSA) is 66.5 Å². The SMILES string of the molecule is Cc1ccccc1C(C)NC(=O)C1CCN(S(=O)(=O)/C=C/c2ccccc2)CC1. The number of piperidine rings is 1. The molecule has 6 heteroatoms. The molecule has 2 aromatic carbocycles. The minimum atomic E-state index is -3.48. The van der Waals surface area contributed by atoms with E-state index in [0.29, 0.717) is 25.9 Å². The van der Waals surface area contributed by atoms with Crippen LogP contribution in [0.3, 0.4) is 0 Å². The molecule has 2 aromatic rings. The molecular weight excluding hydrogens is 384 g/mol. The van der Waals surface area contributed by atoms with Crippen LogP contribution < -0.4 is 5.32 Å². The van der Waals surface area contributed by atoms with Gasteiger partial charge in [0.2, 0.25) is 15.9 Å². The van der Waals surface area contributed by atoms with Crippen molar-refractivity contribution in [3.05, 3.63) is 76.7 Å². The normalized spacial score (nSPS) is 17.3. The van der Waals surface area contributed by atoms with Crippen molar-refractivity contribution in [3.8, 4) is 0 Å². The number of nitrogens with zero attached hydrogens (tertiary/aromatic N) is 1. The third-order valence-electron chi connectivity index (χ3n) is 5.43. The number of nitrogens with one attached hydrogen (secondary N) is 1. The van der Waals surface area contributed by atoms with E-state index in [4.69, 9.17) is 0 Å². The number of rotatable bonds is 6. The summed E-state index contributed by atoms with van der Waals surface area (Å²) in [6.45, 7) is 4.73. The molecule has 1 heterocycles. The van der Waals surface area contributed by atoms with Gasteiger partial charge in [-0.25, -0.2) is 8.42 Å². The number of benzene rings is 2. The van der Waals surface area contributed by atoms with E-state index < -0.39 is 10.0 Å². The molecule has 1 unspecified atom stereocenters.